The fourth-order valence-electron chi connectivity index (χ4n) is 3.18. The van der Waals surface area contributed by atoms with Crippen molar-refractivity contribution in [1.82, 2.24) is 0 Å². The van der Waals surface area contributed by atoms with Crippen LogP contribution in [0.4, 0.5) is 0 Å². The Morgan fingerprint density at radius 3 is 1.31 bits per heavy atom. The van der Waals surface area contributed by atoms with Gasteiger partial charge in [-0.3, -0.25) is 19.4 Å². The van der Waals surface area contributed by atoms with E-state index in [4.69, 9.17) is 94.0 Å². The van der Waals surface area contributed by atoms with Crippen LogP contribution < -0.4 is 0 Å². The van der Waals surface area contributed by atoms with Crippen LogP contribution in [0.25, 0.3) is 5.76 Å². The number of benzene rings is 3. The van der Waals surface area contributed by atoms with E-state index in [2.05, 4.69) is 4.52 Å². The van der Waals surface area contributed by atoms with E-state index >= 15 is 0 Å². The highest BCUT2D eigenvalue weighted by Crippen LogP contribution is 2.42. The predicted molar refractivity (Wildman–Crippen MR) is 196 cm³/mol. The average molecular weight is 851 g/mol. The lowest BCUT2D eigenvalue weighted by atomic mass is 10.1. The van der Waals surface area contributed by atoms with Gasteiger partial charge in [0.25, 0.3) is 3.25 Å². The third-order valence-electron chi connectivity index (χ3n) is 5.37. The predicted octanol–water partition coefficient (Wildman–Crippen LogP) is 8.93. The first kappa shape index (κ1) is 47.8. The topological polar surface area (TPSA) is 191 Å². The Morgan fingerprint density at radius 2 is 1.02 bits per heavy atom. The molecule has 51 heavy (non-hydrogen) atoms. The molecule has 0 aromatic heterocycles. The number of carboxylic acids is 1. The quantitative estimate of drug-likeness (QED) is 0.0547. The zero-order valence-electron chi connectivity index (χ0n) is 26.9. The summed E-state index contributed by atoms with van der Waals surface area (Å²) >= 11 is 30.1. The van der Waals surface area contributed by atoms with Crippen LogP contribution in [-0.4, -0.2) is 66.7 Å². The van der Waals surface area contributed by atoms with Crippen molar-refractivity contribution in [3.63, 3.8) is 0 Å². The zero-order valence-corrected chi connectivity index (χ0v) is 32.3. The Bertz CT molecular complexity index is 1660. The third kappa shape index (κ3) is 21.7. The number of hydrogen-bond acceptors (Lipinski definition) is 9. The molecule has 3 rings (SSSR count). The van der Waals surface area contributed by atoms with E-state index in [0.717, 1.165) is 5.54 Å². The summed E-state index contributed by atoms with van der Waals surface area (Å²) in [6, 6.07) is 17.8. The van der Waals surface area contributed by atoms with Crippen LogP contribution in [0.15, 0.2) is 78.3 Å². The van der Waals surface area contributed by atoms with E-state index in [-0.39, 0.29) is 46.3 Å². The number of halogens is 6. The minimum absolute atomic E-state index is 0.0135. The number of carbonyl (C=O) groups excluding carboxylic acids is 4. The molecule has 0 heterocycles. The maximum atomic E-state index is 11.3. The molecule has 3 aromatic rings. The molecule has 0 unspecified atom stereocenters. The number of Topliss-reactive ketones (excluding diaryl/α,β-unsaturated/α-hetero) is 2. The summed E-state index contributed by atoms with van der Waals surface area (Å²) in [5.74, 6) is -2.32. The van der Waals surface area contributed by atoms with Gasteiger partial charge in [-0.25, -0.2) is 18.9 Å². The maximum absolute atomic E-state index is 11.3. The van der Waals surface area contributed by atoms with Crippen molar-refractivity contribution in [2.45, 2.75) is 24.0 Å². The number of ether oxygens (including phenoxy) is 2. The first-order valence-electron chi connectivity index (χ1n) is 14.0. The van der Waals surface area contributed by atoms with Crippen molar-refractivity contribution < 1.29 is 57.4 Å². The van der Waals surface area contributed by atoms with Gasteiger partial charge in [0.15, 0.2) is 11.6 Å². The molecule has 0 bridgehead atoms. The van der Waals surface area contributed by atoms with Crippen molar-refractivity contribution in [2.24, 2.45) is 0 Å². The molecule has 3 aromatic carbocycles. The van der Waals surface area contributed by atoms with E-state index < -0.39 is 17.0 Å². The number of alkyl halides is 5. The third-order valence-corrected chi connectivity index (χ3v) is 6.25. The van der Waals surface area contributed by atoms with Crippen LogP contribution >= 0.6 is 77.4 Å². The smallest absolute Gasteiger partial charge is 0.478 e. The lowest BCUT2D eigenvalue weighted by Crippen LogP contribution is -2.06. The van der Waals surface area contributed by atoms with Gasteiger partial charge in [-0.15, -0.1) is 11.6 Å². The number of carbonyl (C=O) groups is 5. The zero-order chi connectivity index (χ0) is 39.4. The van der Waals surface area contributed by atoms with Crippen LogP contribution in [0.2, 0.25) is 0 Å². The van der Waals surface area contributed by atoms with Crippen LogP contribution in [0.3, 0.4) is 0 Å². The number of carboxylic acid groups (broad SMARTS) is 1. The number of rotatable bonds is 11. The summed E-state index contributed by atoms with van der Waals surface area (Å²) < 4.78 is 22.9. The summed E-state index contributed by atoms with van der Waals surface area (Å²) in [5.41, 5.74) is 3.15. The second-order valence-electron chi connectivity index (χ2n) is 9.07. The molecule has 0 aliphatic carbocycles. The van der Waals surface area contributed by atoms with Crippen molar-refractivity contribution >= 4 is 113 Å². The Kier molecular flexibility index (Phi) is 22.7. The van der Waals surface area contributed by atoms with Crippen molar-refractivity contribution in [3.8, 4) is 0 Å². The fourth-order valence-corrected chi connectivity index (χ4v) is 3.98. The van der Waals surface area contributed by atoms with Crippen molar-refractivity contribution in [3.05, 3.63) is 112 Å². The summed E-state index contributed by atoms with van der Waals surface area (Å²) in [6.45, 7) is 5.67. The number of ketones is 2. The second-order valence-corrected chi connectivity index (χ2v) is 14.2. The standard InChI is InChI=1S/C11H11ClO3.C11H12O3.C9H8ClO6P.CCl4/c1-2-15-11(14)9-5-3-8(4-6-9)10(13)7-12;1-3-14-11(13)10-6-4-9(5-7-10)8(2)12;10-5-8(16-17(13,14)15)6-1-3-7(4-2-6)9(11)12;2-1(3,4)5/h3-6H,2,7H2,1H3;4-7H,3H2,1-2H3;1-5H,(H,11,12)(H2,13,14,15);/b;;8-5-;. The molecule has 0 radical (unpaired) electrons. The van der Waals surface area contributed by atoms with Gasteiger partial charge in [0, 0.05) is 22.2 Å². The Hall–Kier alpha value is -3.16. The largest absolute Gasteiger partial charge is 0.524 e. The normalized spacial score (nSPS) is 10.8. The van der Waals surface area contributed by atoms with Gasteiger partial charge < -0.3 is 19.1 Å². The lowest BCUT2D eigenvalue weighted by Gasteiger charge is -2.10. The van der Waals surface area contributed by atoms with E-state index in [1.54, 1.807) is 62.4 Å². The van der Waals surface area contributed by atoms with Crippen LogP contribution in [0, 0.1) is 0 Å². The highest BCUT2D eigenvalue weighted by atomic mass is 35.6. The summed E-state index contributed by atoms with van der Waals surface area (Å²) in [7, 11) is -4.70. The van der Waals surface area contributed by atoms with E-state index in [1.807, 2.05) is 0 Å². The van der Waals surface area contributed by atoms with Crippen LogP contribution in [-0.2, 0) is 18.6 Å². The first-order chi connectivity index (χ1) is 23.7. The van der Waals surface area contributed by atoms with Gasteiger partial charge in [0.05, 0.1) is 35.8 Å². The van der Waals surface area contributed by atoms with E-state index in [1.165, 1.54) is 31.2 Å². The summed E-state index contributed by atoms with van der Waals surface area (Å²) in [5, 5.41) is 8.66. The Morgan fingerprint density at radius 1 is 0.686 bits per heavy atom. The number of phosphoric ester groups is 1. The Labute approximate surface area is 323 Å². The minimum atomic E-state index is -4.70. The number of hydrogen-bond donors (Lipinski definition) is 3. The monoisotopic (exact) mass is 848 g/mol. The molecule has 0 aliphatic rings. The van der Waals surface area contributed by atoms with Crippen LogP contribution in [0.5, 0.6) is 0 Å². The van der Waals surface area contributed by atoms with Gasteiger partial charge in [0.2, 0.25) is 0 Å². The van der Waals surface area contributed by atoms with E-state index in [9.17, 15) is 28.5 Å². The lowest BCUT2D eigenvalue weighted by molar-refractivity contribution is 0.0516. The average Bonchev–Trinajstić information content (AvgIpc) is 3.06. The molecular weight excluding hydrogens is 820 g/mol. The number of aromatic carboxylic acids is 1. The van der Waals surface area contributed by atoms with Crippen LogP contribution in [0.1, 0.15) is 78.1 Å². The number of esters is 2. The van der Waals surface area contributed by atoms with Gasteiger partial charge in [-0.2, -0.15) is 0 Å². The highest BCUT2D eigenvalue weighted by molar-refractivity contribution is 7.46. The fraction of sp³-hybridized carbons (Fsp3) is 0.219. The van der Waals surface area contributed by atoms with Crippen molar-refractivity contribution in [1.29, 1.82) is 0 Å². The number of phosphoric acid groups is 1. The maximum Gasteiger partial charge on any atom is 0.524 e. The molecule has 0 aliphatic heterocycles. The molecule has 0 saturated carbocycles. The van der Waals surface area contributed by atoms with Gasteiger partial charge >= 0.3 is 25.7 Å². The van der Waals surface area contributed by atoms with Gasteiger partial charge in [0.1, 0.15) is 5.76 Å². The van der Waals surface area contributed by atoms with Gasteiger partial charge in [-0.05, 0) is 57.2 Å². The molecule has 0 atom stereocenters. The first-order valence-corrected chi connectivity index (χ1v) is 18.0. The SMILES string of the molecule is CCOC(=O)c1ccc(C(=O)CCl)cc1.CCOC(=O)c1ccc(C(C)=O)cc1.ClC(Cl)(Cl)Cl.O=C(O)c1ccc(/C(=C/Cl)OP(=O)(O)O)cc1. The highest BCUT2D eigenvalue weighted by Gasteiger charge is 2.19. The Balaban J connectivity index is 0.000000691. The molecule has 19 heteroatoms. The summed E-state index contributed by atoms with van der Waals surface area (Å²) in [6.07, 6.45) is 0. The molecule has 0 spiro atoms. The molecule has 0 amide bonds. The van der Waals surface area contributed by atoms with E-state index in [0.29, 0.717) is 35.5 Å². The molecule has 278 valence electrons. The molecular formula is C32H31Cl6O12P. The molecule has 0 saturated heterocycles. The summed E-state index contributed by atoms with van der Waals surface area (Å²) in [4.78, 5) is 72.4. The van der Waals surface area contributed by atoms with Gasteiger partial charge in [-0.1, -0.05) is 94.4 Å². The minimum Gasteiger partial charge on any atom is -0.478 e. The molecule has 3 N–H and O–H groups in total. The molecule has 12 nitrogen and oxygen atoms in total. The molecule has 0 fully saturated rings. The van der Waals surface area contributed by atoms with Crippen molar-refractivity contribution in [2.75, 3.05) is 19.1 Å². The second kappa shape index (κ2) is 24.2.